The number of hydrogen-bond acceptors (Lipinski definition) is 5. The highest BCUT2D eigenvalue weighted by atomic mass is 16.5. The van der Waals surface area contributed by atoms with Crippen LogP contribution in [0, 0.1) is 6.92 Å². The van der Waals surface area contributed by atoms with Crippen molar-refractivity contribution < 1.29 is 4.74 Å². The maximum absolute atomic E-state index is 6.06. The van der Waals surface area contributed by atoms with Gasteiger partial charge in [0.1, 0.15) is 5.75 Å². The third-order valence-electron chi connectivity index (χ3n) is 3.31. The number of ether oxygens (including phenoxy) is 1. The van der Waals surface area contributed by atoms with Gasteiger partial charge in [0.2, 0.25) is 0 Å². The minimum absolute atomic E-state index is 0.584. The Kier molecular flexibility index (Phi) is 3.27. The Hall–Kier alpha value is -2.89. The van der Waals surface area contributed by atoms with Gasteiger partial charge in [0, 0.05) is 11.3 Å². The van der Waals surface area contributed by atoms with Crippen LogP contribution >= 0.6 is 0 Å². The lowest BCUT2D eigenvalue weighted by molar-refractivity contribution is 0.415. The summed E-state index contributed by atoms with van der Waals surface area (Å²) in [5, 5.41) is 12.0. The van der Waals surface area contributed by atoms with Crippen molar-refractivity contribution >= 4 is 5.69 Å². The van der Waals surface area contributed by atoms with Gasteiger partial charge in [0.25, 0.3) is 0 Å². The molecular formula is C15H15N5O. The number of aryl methyl sites for hydroxylation is 1. The standard InChI is InChI=1S/C15H15N5O/c1-10-5-3-4-6-14(10)20-15(17-18-19-20)12-9-11(21-2)7-8-13(12)16/h3-9H,16H2,1-2H3. The van der Waals surface area contributed by atoms with Gasteiger partial charge in [0.15, 0.2) is 5.82 Å². The van der Waals surface area contributed by atoms with E-state index in [1.807, 2.05) is 37.3 Å². The fourth-order valence-electron chi connectivity index (χ4n) is 2.17. The Morgan fingerprint density at radius 3 is 2.71 bits per heavy atom. The lowest BCUT2D eigenvalue weighted by Crippen LogP contribution is -2.03. The van der Waals surface area contributed by atoms with Crippen LogP contribution in [0.3, 0.4) is 0 Å². The number of anilines is 1. The minimum atomic E-state index is 0.584. The van der Waals surface area contributed by atoms with Crippen molar-refractivity contribution in [2.45, 2.75) is 6.92 Å². The van der Waals surface area contributed by atoms with Crippen molar-refractivity contribution in [3.63, 3.8) is 0 Å². The smallest absolute Gasteiger partial charge is 0.189 e. The van der Waals surface area contributed by atoms with Gasteiger partial charge in [-0.3, -0.25) is 0 Å². The predicted octanol–water partition coefficient (Wildman–Crippen LogP) is 2.23. The van der Waals surface area contributed by atoms with E-state index in [1.54, 1.807) is 23.9 Å². The van der Waals surface area contributed by atoms with Gasteiger partial charge in [-0.25, -0.2) is 0 Å². The zero-order valence-corrected chi connectivity index (χ0v) is 11.8. The molecule has 1 heterocycles. The number of nitrogen functional groups attached to an aromatic ring is 1. The summed E-state index contributed by atoms with van der Waals surface area (Å²) in [6, 6.07) is 13.3. The minimum Gasteiger partial charge on any atom is -0.497 e. The molecule has 0 aliphatic rings. The number of nitrogens with zero attached hydrogens (tertiary/aromatic N) is 4. The average Bonchev–Trinajstić information content (AvgIpc) is 2.97. The molecule has 0 aliphatic heterocycles. The number of tetrazole rings is 1. The van der Waals surface area contributed by atoms with E-state index in [4.69, 9.17) is 10.5 Å². The van der Waals surface area contributed by atoms with E-state index in [1.165, 1.54) is 0 Å². The molecule has 6 heteroatoms. The first-order chi connectivity index (χ1) is 10.2. The van der Waals surface area contributed by atoms with Gasteiger partial charge in [-0.2, -0.15) is 4.68 Å². The monoisotopic (exact) mass is 281 g/mol. The number of para-hydroxylation sites is 1. The predicted molar refractivity (Wildman–Crippen MR) is 80.3 cm³/mol. The van der Waals surface area contributed by atoms with Crippen molar-refractivity contribution in [1.82, 2.24) is 20.2 Å². The number of aromatic nitrogens is 4. The van der Waals surface area contributed by atoms with Crippen LogP contribution in [-0.4, -0.2) is 27.3 Å². The van der Waals surface area contributed by atoms with E-state index < -0.39 is 0 Å². The van der Waals surface area contributed by atoms with Crippen LogP contribution in [0.1, 0.15) is 5.56 Å². The average molecular weight is 281 g/mol. The van der Waals surface area contributed by atoms with Crippen LogP contribution in [0.25, 0.3) is 17.1 Å². The molecule has 0 saturated heterocycles. The molecular weight excluding hydrogens is 266 g/mol. The van der Waals surface area contributed by atoms with Crippen LogP contribution in [-0.2, 0) is 0 Å². The Bertz CT molecular complexity index is 781. The maximum atomic E-state index is 6.06. The highest BCUT2D eigenvalue weighted by Crippen LogP contribution is 2.29. The topological polar surface area (TPSA) is 78.8 Å². The zero-order valence-electron chi connectivity index (χ0n) is 11.8. The summed E-state index contributed by atoms with van der Waals surface area (Å²) in [4.78, 5) is 0. The summed E-state index contributed by atoms with van der Waals surface area (Å²) in [6.45, 7) is 2.01. The van der Waals surface area contributed by atoms with E-state index >= 15 is 0 Å². The molecule has 1 aromatic heterocycles. The van der Waals surface area contributed by atoms with E-state index in [0.29, 0.717) is 17.3 Å². The van der Waals surface area contributed by atoms with Gasteiger partial charge < -0.3 is 10.5 Å². The third kappa shape index (κ3) is 2.31. The highest BCUT2D eigenvalue weighted by Gasteiger charge is 2.15. The summed E-state index contributed by atoms with van der Waals surface area (Å²) in [7, 11) is 1.61. The second-order valence-electron chi connectivity index (χ2n) is 4.65. The summed E-state index contributed by atoms with van der Waals surface area (Å²) in [6.07, 6.45) is 0. The van der Waals surface area contributed by atoms with Gasteiger partial charge in [0.05, 0.1) is 12.8 Å². The lowest BCUT2D eigenvalue weighted by atomic mass is 10.1. The molecule has 0 saturated carbocycles. The third-order valence-corrected chi connectivity index (χ3v) is 3.31. The second kappa shape index (κ2) is 5.24. The molecule has 6 nitrogen and oxygen atoms in total. The molecule has 106 valence electrons. The molecule has 0 unspecified atom stereocenters. The van der Waals surface area contributed by atoms with Gasteiger partial charge in [-0.05, 0) is 47.2 Å². The first-order valence-electron chi connectivity index (χ1n) is 6.49. The molecule has 0 aliphatic carbocycles. The maximum Gasteiger partial charge on any atom is 0.189 e. The van der Waals surface area contributed by atoms with Gasteiger partial charge in [-0.1, -0.05) is 18.2 Å². The molecule has 0 amide bonds. The fourth-order valence-corrected chi connectivity index (χ4v) is 2.17. The van der Waals surface area contributed by atoms with Crippen LogP contribution in [0.5, 0.6) is 5.75 Å². The quantitative estimate of drug-likeness (QED) is 0.745. The summed E-state index contributed by atoms with van der Waals surface area (Å²) < 4.78 is 6.92. The van der Waals surface area contributed by atoms with Crippen molar-refractivity contribution in [1.29, 1.82) is 0 Å². The highest BCUT2D eigenvalue weighted by molar-refractivity contribution is 5.74. The van der Waals surface area contributed by atoms with Crippen LogP contribution in [0.4, 0.5) is 5.69 Å². The molecule has 0 fully saturated rings. The molecule has 2 aromatic carbocycles. The van der Waals surface area contributed by atoms with Crippen molar-refractivity contribution in [3.8, 4) is 22.8 Å². The van der Waals surface area contributed by atoms with E-state index in [0.717, 1.165) is 16.8 Å². The number of nitrogens with two attached hydrogens (primary N) is 1. The molecule has 2 N–H and O–H groups in total. The van der Waals surface area contributed by atoms with E-state index in [-0.39, 0.29) is 0 Å². The van der Waals surface area contributed by atoms with E-state index in [2.05, 4.69) is 15.5 Å². The van der Waals surface area contributed by atoms with E-state index in [9.17, 15) is 0 Å². The summed E-state index contributed by atoms with van der Waals surface area (Å²) >= 11 is 0. The Morgan fingerprint density at radius 2 is 1.95 bits per heavy atom. The summed E-state index contributed by atoms with van der Waals surface area (Å²) in [5.74, 6) is 1.29. The number of methoxy groups -OCH3 is 1. The molecule has 0 radical (unpaired) electrons. The van der Waals surface area contributed by atoms with Crippen LogP contribution < -0.4 is 10.5 Å². The van der Waals surface area contributed by atoms with Gasteiger partial charge >= 0.3 is 0 Å². The molecule has 3 rings (SSSR count). The fraction of sp³-hybridized carbons (Fsp3) is 0.133. The van der Waals surface area contributed by atoms with Crippen molar-refractivity contribution in [2.75, 3.05) is 12.8 Å². The molecule has 0 atom stereocenters. The number of hydrogen-bond donors (Lipinski definition) is 1. The molecule has 21 heavy (non-hydrogen) atoms. The van der Waals surface area contributed by atoms with Crippen molar-refractivity contribution in [2.24, 2.45) is 0 Å². The first-order valence-corrected chi connectivity index (χ1v) is 6.49. The summed E-state index contributed by atoms with van der Waals surface area (Å²) in [5.41, 5.74) is 9.38. The molecule has 3 aromatic rings. The van der Waals surface area contributed by atoms with Crippen LogP contribution in [0.15, 0.2) is 42.5 Å². The van der Waals surface area contributed by atoms with Gasteiger partial charge in [-0.15, -0.1) is 5.10 Å². The van der Waals surface area contributed by atoms with Crippen LogP contribution in [0.2, 0.25) is 0 Å². The Morgan fingerprint density at radius 1 is 1.14 bits per heavy atom. The molecule has 0 bridgehead atoms. The first kappa shape index (κ1) is 13.1. The molecule has 0 spiro atoms. The Labute approximate surface area is 122 Å². The second-order valence-corrected chi connectivity index (χ2v) is 4.65. The Balaban J connectivity index is 2.18. The zero-order chi connectivity index (χ0) is 14.8. The normalized spacial score (nSPS) is 10.6. The lowest BCUT2D eigenvalue weighted by Gasteiger charge is -2.10. The number of benzene rings is 2. The van der Waals surface area contributed by atoms with Crippen molar-refractivity contribution in [3.05, 3.63) is 48.0 Å². The SMILES string of the molecule is COc1ccc(N)c(-c2nnnn2-c2ccccc2C)c1. The number of rotatable bonds is 3. The largest absolute Gasteiger partial charge is 0.497 e.